The zero-order chi connectivity index (χ0) is 12.4. The molecule has 1 aromatic heterocycles. The van der Waals surface area contributed by atoms with Gasteiger partial charge in [0.05, 0.1) is 12.2 Å². The average Bonchev–Trinajstić information content (AvgIpc) is 2.59. The number of aromatic carboxylic acids is 1. The molecule has 1 aromatic carbocycles. The van der Waals surface area contributed by atoms with E-state index in [1.54, 1.807) is 13.0 Å². The maximum atomic E-state index is 11.0. The first-order chi connectivity index (χ1) is 8.06. The van der Waals surface area contributed by atoms with Gasteiger partial charge in [-0.15, -0.1) is 0 Å². The summed E-state index contributed by atoms with van der Waals surface area (Å²) in [5.74, 6) is -0.958. The number of carboxylic acids is 1. The Hall–Kier alpha value is -1.62. The van der Waals surface area contributed by atoms with Crippen molar-refractivity contribution in [2.75, 3.05) is 0 Å². The van der Waals surface area contributed by atoms with Crippen molar-refractivity contribution in [1.29, 1.82) is 0 Å². The van der Waals surface area contributed by atoms with Crippen LogP contribution in [0.5, 0.6) is 0 Å². The first kappa shape index (κ1) is 11.9. The van der Waals surface area contributed by atoms with Crippen molar-refractivity contribution in [2.45, 2.75) is 13.5 Å². The summed E-state index contributed by atoms with van der Waals surface area (Å²) in [7, 11) is 0. The third kappa shape index (κ3) is 2.74. The van der Waals surface area contributed by atoms with Gasteiger partial charge in [0.25, 0.3) is 0 Å². The molecule has 0 aliphatic heterocycles. The third-order valence-corrected chi connectivity index (χ3v) is 2.84. The zero-order valence-electron chi connectivity index (χ0n) is 9.22. The van der Waals surface area contributed by atoms with Crippen molar-refractivity contribution in [1.82, 2.24) is 9.78 Å². The summed E-state index contributed by atoms with van der Waals surface area (Å²) in [5.41, 5.74) is 1.92. The Morgan fingerprint density at radius 2 is 2.24 bits per heavy atom. The Morgan fingerprint density at radius 1 is 1.47 bits per heavy atom. The summed E-state index contributed by atoms with van der Waals surface area (Å²) in [6, 6.07) is 9.29. The minimum atomic E-state index is -0.958. The normalized spacial score (nSPS) is 10.5. The van der Waals surface area contributed by atoms with Gasteiger partial charge >= 0.3 is 5.97 Å². The highest BCUT2D eigenvalue weighted by Crippen LogP contribution is 2.14. The number of hydrogen-bond acceptors (Lipinski definition) is 2. The van der Waals surface area contributed by atoms with Crippen LogP contribution in [0.2, 0.25) is 0 Å². The average molecular weight is 295 g/mol. The molecule has 2 rings (SSSR count). The van der Waals surface area contributed by atoms with Crippen molar-refractivity contribution < 1.29 is 9.90 Å². The van der Waals surface area contributed by atoms with E-state index in [9.17, 15) is 4.79 Å². The Labute approximate surface area is 107 Å². The fraction of sp³-hybridized carbons (Fsp3) is 0.167. The summed E-state index contributed by atoms with van der Waals surface area (Å²) in [6.45, 7) is 2.23. The lowest BCUT2D eigenvalue weighted by atomic mass is 10.2. The predicted molar refractivity (Wildman–Crippen MR) is 67.2 cm³/mol. The van der Waals surface area contributed by atoms with Gasteiger partial charge in [-0.3, -0.25) is 4.68 Å². The zero-order valence-corrected chi connectivity index (χ0v) is 10.8. The Balaban J connectivity index is 2.32. The second kappa shape index (κ2) is 4.71. The molecular formula is C12H11BrN2O2. The van der Waals surface area contributed by atoms with Crippen LogP contribution in [0.15, 0.2) is 34.8 Å². The van der Waals surface area contributed by atoms with Gasteiger partial charge in [-0.05, 0) is 30.7 Å². The lowest BCUT2D eigenvalue weighted by Crippen LogP contribution is -2.10. The minimum absolute atomic E-state index is 0.211. The highest BCUT2D eigenvalue weighted by atomic mass is 79.9. The van der Waals surface area contributed by atoms with Gasteiger partial charge in [0.15, 0.2) is 0 Å². The van der Waals surface area contributed by atoms with E-state index in [0.29, 0.717) is 12.2 Å². The van der Waals surface area contributed by atoms with Crippen LogP contribution in [0.1, 0.15) is 21.7 Å². The molecule has 0 atom stereocenters. The Kier molecular flexibility index (Phi) is 3.28. The topological polar surface area (TPSA) is 55.1 Å². The molecule has 2 aromatic rings. The molecule has 4 nitrogen and oxygen atoms in total. The number of halogens is 1. The number of carbonyl (C=O) groups is 1. The molecule has 0 bridgehead atoms. The number of carboxylic acid groups (broad SMARTS) is 1. The van der Waals surface area contributed by atoms with E-state index in [1.165, 1.54) is 4.68 Å². The first-order valence-corrected chi connectivity index (χ1v) is 5.88. The van der Waals surface area contributed by atoms with E-state index in [1.807, 2.05) is 24.3 Å². The summed E-state index contributed by atoms with van der Waals surface area (Å²) >= 11 is 3.38. The molecule has 0 fully saturated rings. The van der Waals surface area contributed by atoms with Crippen molar-refractivity contribution in [3.8, 4) is 0 Å². The Morgan fingerprint density at radius 3 is 2.88 bits per heavy atom. The minimum Gasteiger partial charge on any atom is -0.477 e. The standard InChI is InChI=1S/C12H11BrN2O2/c1-8-5-11(12(16)17)15(14-8)7-9-3-2-4-10(13)6-9/h2-6H,7H2,1H3,(H,16,17). The van der Waals surface area contributed by atoms with E-state index in [4.69, 9.17) is 5.11 Å². The molecule has 0 aliphatic rings. The van der Waals surface area contributed by atoms with E-state index in [-0.39, 0.29) is 5.69 Å². The molecule has 0 unspecified atom stereocenters. The number of rotatable bonds is 3. The van der Waals surface area contributed by atoms with Gasteiger partial charge in [-0.2, -0.15) is 5.10 Å². The molecule has 0 aliphatic carbocycles. The third-order valence-electron chi connectivity index (χ3n) is 2.34. The molecule has 88 valence electrons. The lowest BCUT2D eigenvalue weighted by Gasteiger charge is -2.05. The number of hydrogen-bond donors (Lipinski definition) is 1. The molecule has 0 radical (unpaired) electrons. The molecule has 5 heteroatoms. The predicted octanol–water partition coefficient (Wildman–Crippen LogP) is 2.70. The van der Waals surface area contributed by atoms with Crippen LogP contribution in [0.3, 0.4) is 0 Å². The highest BCUT2D eigenvalue weighted by Gasteiger charge is 2.12. The van der Waals surface area contributed by atoms with Crippen molar-refractivity contribution in [2.24, 2.45) is 0 Å². The van der Waals surface area contributed by atoms with Crippen LogP contribution < -0.4 is 0 Å². The van der Waals surface area contributed by atoms with E-state index in [0.717, 1.165) is 10.0 Å². The molecule has 1 N–H and O–H groups in total. The van der Waals surface area contributed by atoms with Crippen LogP contribution in [0.25, 0.3) is 0 Å². The van der Waals surface area contributed by atoms with E-state index >= 15 is 0 Å². The van der Waals surface area contributed by atoms with Crippen LogP contribution in [-0.2, 0) is 6.54 Å². The van der Waals surface area contributed by atoms with Gasteiger partial charge < -0.3 is 5.11 Å². The van der Waals surface area contributed by atoms with Gasteiger partial charge in [0, 0.05) is 4.47 Å². The molecular weight excluding hydrogens is 284 g/mol. The highest BCUT2D eigenvalue weighted by molar-refractivity contribution is 9.10. The van der Waals surface area contributed by atoms with Crippen LogP contribution in [-0.4, -0.2) is 20.9 Å². The monoisotopic (exact) mass is 294 g/mol. The Bertz CT molecular complexity index is 563. The summed E-state index contributed by atoms with van der Waals surface area (Å²) in [6.07, 6.45) is 0. The fourth-order valence-corrected chi connectivity index (χ4v) is 2.09. The van der Waals surface area contributed by atoms with Crippen molar-refractivity contribution in [3.05, 3.63) is 51.8 Å². The van der Waals surface area contributed by atoms with Gasteiger partial charge in [-0.1, -0.05) is 28.1 Å². The first-order valence-electron chi connectivity index (χ1n) is 5.08. The number of nitrogens with zero attached hydrogens (tertiary/aromatic N) is 2. The fourth-order valence-electron chi connectivity index (χ4n) is 1.65. The number of aromatic nitrogens is 2. The second-order valence-electron chi connectivity index (χ2n) is 3.76. The summed E-state index contributed by atoms with van der Waals surface area (Å²) < 4.78 is 2.47. The number of aryl methyl sites for hydroxylation is 1. The SMILES string of the molecule is Cc1cc(C(=O)O)n(Cc2cccc(Br)c2)n1. The number of benzene rings is 1. The molecule has 0 saturated carbocycles. The van der Waals surface area contributed by atoms with Gasteiger partial charge in [-0.25, -0.2) is 4.79 Å². The van der Waals surface area contributed by atoms with E-state index < -0.39 is 5.97 Å². The van der Waals surface area contributed by atoms with Crippen molar-refractivity contribution in [3.63, 3.8) is 0 Å². The van der Waals surface area contributed by atoms with Crippen LogP contribution in [0, 0.1) is 6.92 Å². The summed E-state index contributed by atoms with van der Waals surface area (Å²) in [5, 5.41) is 13.2. The summed E-state index contributed by atoms with van der Waals surface area (Å²) in [4.78, 5) is 11.0. The largest absolute Gasteiger partial charge is 0.477 e. The van der Waals surface area contributed by atoms with Gasteiger partial charge in [0.2, 0.25) is 0 Å². The quantitative estimate of drug-likeness (QED) is 0.947. The van der Waals surface area contributed by atoms with Crippen molar-refractivity contribution >= 4 is 21.9 Å². The maximum Gasteiger partial charge on any atom is 0.354 e. The van der Waals surface area contributed by atoms with Gasteiger partial charge in [0.1, 0.15) is 5.69 Å². The van der Waals surface area contributed by atoms with E-state index in [2.05, 4.69) is 21.0 Å². The molecule has 0 saturated heterocycles. The molecule has 0 amide bonds. The molecule has 0 spiro atoms. The van der Waals surface area contributed by atoms with Crippen LogP contribution in [0.4, 0.5) is 0 Å². The van der Waals surface area contributed by atoms with Crippen LogP contribution >= 0.6 is 15.9 Å². The molecule has 1 heterocycles. The molecule has 17 heavy (non-hydrogen) atoms. The maximum absolute atomic E-state index is 11.0. The lowest BCUT2D eigenvalue weighted by molar-refractivity contribution is 0.0684. The smallest absolute Gasteiger partial charge is 0.354 e. The second-order valence-corrected chi connectivity index (χ2v) is 4.68.